The number of methoxy groups -OCH3 is 1. The summed E-state index contributed by atoms with van der Waals surface area (Å²) in [6.45, 7) is 0. The van der Waals surface area contributed by atoms with Gasteiger partial charge in [0, 0.05) is 31.7 Å². The normalized spacial score (nSPS) is 14.7. The van der Waals surface area contributed by atoms with Crippen LogP contribution in [0.2, 0.25) is 0 Å². The number of nitrogens with one attached hydrogen (secondary N) is 2. The van der Waals surface area contributed by atoms with E-state index in [-0.39, 0.29) is 30.5 Å². The average molecular weight is 473 g/mol. The van der Waals surface area contributed by atoms with Gasteiger partial charge in [0.2, 0.25) is 11.8 Å². The molecule has 0 radical (unpaired) electrons. The van der Waals surface area contributed by atoms with Gasteiger partial charge in [0.1, 0.15) is 11.4 Å². The molecule has 4 rings (SSSR count). The maximum Gasteiger partial charge on any atom is 0.289 e. The van der Waals surface area contributed by atoms with Crippen LogP contribution in [0.15, 0.2) is 78.3 Å². The zero-order chi connectivity index (χ0) is 24.6. The van der Waals surface area contributed by atoms with Gasteiger partial charge in [-0.05, 0) is 23.3 Å². The van der Waals surface area contributed by atoms with Crippen molar-refractivity contribution in [3.63, 3.8) is 0 Å². The molecule has 1 aromatic heterocycles. The number of hydrogen-bond donors (Lipinski definition) is 2. The second kappa shape index (κ2) is 11.0. The maximum atomic E-state index is 13.1. The van der Waals surface area contributed by atoms with Gasteiger partial charge in [-0.15, -0.1) is 0 Å². The molecule has 0 saturated heterocycles. The zero-order valence-corrected chi connectivity index (χ0v) is 19.0. The number of rotatable bonds is 7. The number of ether oxygens (including phenoxy) is 1. The summed E-state index contributed by atoms with van der Waals surface area (Å²) in [6, 6.07) is 16.8. The third kappa shape index (κ3) is 5.85. The first-order chi connectivity index (χ1) is 17.0. The molecule has 10 nitrogen and oxygen atoms in total. The van der Waals surface area contributed by atoms with Crippen LogP contribution in [-0.2, 0) is 9.59 Å². The maximum absolute atomic E-state index is 13.1. The lowest BCUT2D eigenvalue weighted by molar-refractivity contribution is -0.135. The first kappa shape index (κ1) is 23.6. The quantitative estimate of drug-likeness (QED) is 0.509. The fourth-order valence-electron chi connectivity index (χ4n) is 3.64. The molecule has 0 aliphatic carbocycles. The van der Waals surface area contributed by atoms with Crippen molar-refractivity contribution in [3.05, 3.63) is 90.0 Å². The number of amides is 3. The Bertz CT molecular complexity index is 1220. The largest absolute Gasteiger partial charge is 0.497 e. The van der Waals surface area contributed by atoms with E-state index in [4.69, 9.17) is 4.74 Å². The number of carbonyl (C=O) groups is 3. The van der Waals surface area contributed by atoms with Gasteiger partial charge in [-0.1, -0.05) is 42.5 Å². The summed E-state index contributed by atoms with van der Waals surface area (Å²) in [5.74, 6) is -0.696. The third-order valence-electron chi connectivity index (χ3n) is 5.45. The Balaban J connectivity index is 1.41. The Hall–Kier alpha value is -4.60. The molecule has 1 aliphatic heterocycles. The van der Waals surface area contributed by atoms with Crippen LogP contribution >= 0.6 is 0 Å². The monoisotopic (exact) mass is 472 g/mol. The molecular weight excluding hydrogens is 448 g/mol. The number of aromatic nitrogens is 2. The molecule has 0 fully saturated rings. The van der Waals surface area contributed by atoms with Gasteiger partial charge in [0.15, 0.2) is 0 Å². The van der Waals surface area contributed by atoms with Gasteiger partial charge in [-0.3, -0.25) is 30.2 Å². The van der Waals surface area contributed by atoms with Crippen molar-refractivity contribution in [3.8, 4) is 5.75 Å². The van der Waals surface area contributed by atoms with Crippen molar-refractivity contribution in [1.82, 2.24) is 25.8 Å². The molecule has 0 unspecified atom stereocenters. The molecule has 3 amide bonds. The number of carbonyl (C=O) groups excluding carboxylic acids is 3. The molecule has 0 bridgehead atoms. The van der Waals surface area contributed by atoms with Crippen molar-refractivity contribution in [2.75, 3.05) is 7.11 Å². The highest BCUT2D eigenvalue weighted by molar-refractivity contribution is 6.03. The zero-order valence-electron chi connectivity index (χ0n) is 19.0. The van der Waals surface area contributed by atoms with Crippen LogP contribution in [0.5, 0.6) is 5.75 Å². The van der Waals surface area contributed by atoms with Gasteiger partial charge in [0.05, 0.1) is 25.1 Å². The second-order valence-corrected chi connectivity index (χ2v) is 7.74. The Morgan fingerprint density at radius 3 is 2.46 bits per heavy atom. The number of hydrogen-bond acceptors (Lipinski definition) is 7. The first-order valence-electron chi connectivity index (χ1n) is 11.0. The molecule has 2 aromatic carbocycles. The number of hydrazone groups is 1. The molecule has 10 heteroatoms. The minimum absolute atomic E-state index is 0.0612. The average Bonchev–Trinajstić information content (AvgIpc) is 3.37. The Kier molecular flexibility index (Phi) is 7.41. The summed E-state index contributed by atoms with van der Waals surface area (Å²) in [6.07, 6.45) is 4.42. The lowest BCUT2D eigenvalue weighted by Crippen LogP contribution is -2.42. The standard InChI is InChI=1S/C25H24N6O4/c1-35-19-9-7-18(8-10-19)22-15-20(17-5-3-2-4-6-17)30-31(22)24(33)12-11-23(32)28-29-25(34)21-16-26-13-14-27-21/h2-10,13-14,16,22H,11-12,15H2,1H3,(H,28,32)(H,29,34)/t22-/m1/s1. The van der Waals surface area contributed by atoms with Crippen molar-refractivity contribution in [2.45, 2.75) is 25.3 Å². The molecule has 35 heavy (non-hydrogen) atoms. The lowest BCUT2D eigenvalue weighted by Gasteiger charge is -2.22. The van der Waals surface area contributed by atoms with E-state index in [9.17, 15) is 14.4 Å². The predicted molar refractivity (Wildman–Crippen MR) is 127 cm³/mol. The topological polar surface area (TPSA) is 126 Å². The van der Waals surface area contributed by atoms with Crippen LogP contribution < -0.4 is 15.6 Å². The van der Waals surface area contributed by atoms with Gasteiger partial charge in [-0.25, -0.2) is 9.99 Å². The third-order valence-corrected chi connectivity index (χ3v) is 5.45. The highest BCUT2D eigenvalue weighted by Gasteiger charge is 2.33. The molecule has 1 aliphatic rings. The van der Waals surface area contributed by atoms with Crippen LogP contribution in [0.4, 0.5) is 0 Å². The van der Waals surface area contributed by atoms with Crippen molar-refractivity contribution < 1.29 is 19.1 Å². The predicted octanol–water partition coefficient (Wildman–Crippen LogP) is 2.40. The molecule has 3 aromatic rings. The summed E-state index contributed by atoms with van der Waals surface area (Å²) in [5, 5.41) is 6.04. The van der Waals surface area contributed by atoms with E-state index in [1.54, 1.807) is 7.11 Å². The van der Waals surface area contributed by atoms with E-state index in [0.717, 1.165) is 16.8 Å². The van der Waals surface area contributed by atoms with Crippen LogP contribution in [-0.4, -0.2) is 45.5 Å². The smallest absolute Gasteiger partial charge is 0.289 e. The molecular formula is C25H24N6O4. The van der Waals surface area contributed by atoms with E-state index in [2.05, 4.69) is 25.9 Å². The lowest BCUT2D eigenvalue weighted by atomic mass is 9.98. The second-order valence-electron chi connectivity index (χ2n) is 7.74. The molecule has 2 heterocycles. The van der Waals surface area contributed by atoms with Gasteiger partial charge >= 0.3 is 0 Å². The number of benzene rings is 2. The van der Waals surface area contributed by atoms with E-state index in [0.29, 0.717) is 12.2 Å². The van der Waals surface area contributed by atoms with Gasteiger partial charge in [-0.2, -0.15) is 5.10 Å². The van der Waals surface area contributed by atoms with Crippen LogP contribution in [0.25, 0.3) is 0 Å². The SMILES string of the molecule is COc1ccc([C@H]2CC(c3ccccc3)=NN2C(=O)CCC(=O)NNC(=O)c2cnccn2)cc1. The van der Waals surface area contributed by atoms with E-state index in [1.807, 2.05) is 54.6 Å². The van der Waals surface area contributed by atoms with E-state index >= 15 is 0 Å². The minimum Gasteiger partial charge on any atom is -0.497 e. The molecule has 1 atom stereocenters. The van der Waals surface area contributed by atoms with Crippen molar-refractivity contribution in [1.29, 1.82) is 0 Å². The highest BCUT2D eigenvalue weighted by atomic mass is 16.5. The summed E-state index contributed by atoms with van der Waals surface area (Å²) in [7, 11) is 1.59. The molecule has 178 valence electrons. The summed E-state index contributed by atoms with van der Waals surface area (Å²) in [5.41, 5.74) is 7.25. The Morgan fingerprint density at radius 2 is 1.77 bits per heavy atom. The van der Waals surface area contributed by atoms with Crippen molar-refractivity contribution >= 4 is 23.4 Å². The highest BCUT2D eigenvalue weighted by Crippen LogP contribution is 2.34. The Morgan fingerprint density at radius 1 is 1.00 bits per heavy atom. The van der Waals surface area contributed by atoms with Crippen LogP contribution in [0, 0.1) is 0 Å². The fourth-order valence-corrected chi connectivity index (χ4v) is 3.64. The van der Waals surface area contributed by atoms with E-state index in [1.165, 1.54) is 23.6 Å². The van der Waals surface area contributed by atoms with Crippen LogP contribution in [0.1, 0.15) is 46.9 Å². The first-order valence-corrected chi connectivity index (χ1v) is 11.0. The molecule has 0 saturated carbocycles. The summed E-state index contributed by atoms with van der Waals surface area (Å²) in [4.78, 5) is 45.0. The fraction of sp³-hybridized carbons (Fsp3) is 0.200. The minimum atomic E-state index is -0.603. The molecule has 0 spiro atoms. The summed E-state index contributed by atoms with van der Waals surface area (Å²) < 4.78 is 5.24. The molecule has 2 N–H and O–H groups in total. The van der Waals surface area contributed by atoms with Gasteiger partial charge < -0.3 is 4.74 Å². The van der Waals surface area contributed by atoms with Crippen molar-refractivity contribution in [2.24, 2.45) is 5.10 Å². The number of nitrogens with zero attached hydrogens (tertiary/aromatic N) is 4. The van der Waals surface area contributed by atoms with Gasteiger partial charge in [0.25, 0.3) is 5.91 Å². The Labute approximate surface area is 202 Å². The number of hydrazine groups is 1. The van der Waals surface area contributed by atoms with E-state index < -0.39 is 11.8 Å². The van der Waals surface area contributed by atoms with Crippen LogP contribution in [0.3, 0.4) is 0 Å². The summed E-state index contributed by atoms with van der Waals surface area (Å²) >= 11 is 0.